The van der Waals surface area contributed by atoms with Crippen LogP contribution in [0.15, 0.2) is 24.1 Å². The van der Waals surface area contributed by atoms with Crippen molar-refractivity contribution in [1.29, 1.82) is 0 Å². The Morgan fingerprint density at radius 2 is 2.60 bits per heavy atom. The van der Waals surface area contributed by atoms with E-state index in [4.69, 9.17) is 0 Å². The maximum absolute atomic E-state index is 4.04. The highest BCUT2D eigenvalue weighted by Crippen LogP contribution is 2.08. The highest BCUT2D eigenvalue weighted by Gasteiger charge is 1.91. The van der Waals surface area contributed by atoms with E-state index in [1.807, 2.05) is 6.92 Å². The van der Waals surface area contributed by atoms with Crippen LogP contribution in [-0.2, 0) is 0 Å². The van der Waals surface area contributed by atoms with E-state index in [0.717, 1.165) is 5.82 Å². The van der Waals surface area contributed by atoms with E-state index < -0.39 is 0 Å². The van der Waals surface area contributed by atoms with Crippen molar-refractivity contribution in [3.63, 3.8) is 0 Å². The third-order valence-corrected chi connectivity index (χ3v) is 1.10. The van der Waals surface area contributed by atoms with Gasteiger partial charge in [-0.25, -0.2) is 9.98 Å². The van der Waals surface area contributed by atoms with Crippen molar-refractivity contribution < 1.29 is 0 Å². The highest BCUT2D eigenvalue weighted by molar-refractivity contribution is 5.59. The molecule has 52 valence electrons. The first-order valence-electron chi connectivity index (χ1n) is 3.01. The zero-order chi connectivity index (χ0) is 7.40. The van der Waals surface area contributed by atoms with Gasteiger partial charge in [-0.3, -0.25) is 4.57 Å². The number of hydrogen-bond donors (Lipinski definition) is 0. The zero-order valence-corrected chi connectivity index (χ0v) is 5.86. The van der Waals surface area contributed by atoms with Crippen LogP contribution in [0.2, 0.25) is 0 Å². The molecule has 1 heterocycles. The van der Waals surface area contributed by atoms with Crippen molar-refractivity contribution in [1.82, 2.24) is 9.55 Å². The molecule has 0 atom stereocenters. The second kappa shape index (κ2) is 2.96. The molecule has 0 saturated carbocycles. The predicted molar refractivity (Wildman–Crippen MR) is 42.4 cm³/mol. The van der Waals surface area contributed by atoms with E-state index in [1.165, 1.54) is 0 Å². The van der Waals surface area contributed by atoms with Gasteiger partial charge in [-0.05, 0) is 6.92 Å². The molecule has 0 aliphatic heterocycles. The first-order chi connectivity index (χ1) is 4.88. The predicted octanol–water partition coefficient (Wildman–Crippen LogP) is 1.71. The van der Waals surface area contributed by atoms with Gasteiger partial charge in [0.1, 0.15) is 6.33 Å². The lowest BCUT2D eigenvalue weighted by Crippen LogP contribution is -1.79. The molecule has 0 spiro atoms. The molecule has 10 heavy (non-hydrogen) atoms. The van der Waals surface area contributed by atoms with Crippen LogP contribution in [-0.4, -0.2) is 15.8 Å². The lowest BCUT2D eigenvalue weighted by Gasteiger charge is -1.91. The molecule has 0 N–H and O–H groups in total. The van der Waals surface area contributed by atoms with E-state index >= 15 is 0 Å². The van der Waals surface area contributed by atoms with Crippen LogP contribution < -0.4 is 0 Å². The summed E-state index contributed by atoms with van der Waals surface area (Å²) in [5.41, 5.74) is 0. The van der Waals surface area contributed by atoms with Gasteiger partial charge in [-0.15, -0.1) is 0 Å². The maximum Gasteiger partial charge on any atom is 0.155 e. The van der Waals surface area contributed by atoms with Gasteiger partial charge in [0.2, 0.25) is 0 Å². The standard InChI is InChI=1S/C7H9N3/c1-3-9-7-5-8-6-10(7)4-2/h3-6H,2H2,1H3/b9-3-. The summed E-state index contributed by atoms with van der Waals surface area (Å²) in [5.74, 6) is 0.803. The normalized spacial score (nSPS) is 10.5. The molecule has 1 aromatic heterocycles. The molecule has 0 amide bonds. The van der Waals surface area contributed by atoms with Crippen LogP contribution in [0.5, 0.6) is 0 Å². The topological polar surface area (TPSA) is 30.2 Å². The third kappa shape index (κ3) is 1.13. The molecule has 0 fully saturated rings. The van der Waals surface area contributed by atoms with Crippen molar-refractivity contribution in [3.8, 4) is 0 Å². The van der Waals surface area contributed by atoms with Crippen LogP contribution in [0.1, 0.15) is 6.92 Å². The minimum atomic E-state index is 0.803. The third-order valence-electron chi connectivity index (χ3n) is 1.10. The number of imidazole rings is 1. The summed E-state index contributed by atoms with van der Waals surface area (Å²) in [6, 6.07) is 0. The molecule has 0 saturated heterocycles. The fourth-order valence-electron chi connectivity index (χ4n) is 0.671. The lowest BCUT2D eigenvalue weighted by atomic mass is 10.7. The Balaban J connectivity index is 3.00. The Labute approximate surface area is 59.7 Å². The van der Waals surface area contributed by atoms with Gasteiger partial charge in [-0.2, -0.15) is 0 Å². The number of nitrogens with zero attached hydrogens (tertiary/aromatic N) is 3. The largest absolute Gasteiger partial charge is 0.291 e. The highest BCUT2D eigenvalue weighted by atomic mass is 15.1. The summed E-state index contributed by atoms with van der Waals surface area (Å²) >= 11 is 0. The van der Waals surface area contributed by atoms with Crippen molar-refractivity contribution in [3.05, 3.63) is 19.1 Å². The average molecular weight is 135 g/mol. The number of aliphatic imine (C=N–C) groups is 1. The second-order valence-electron chi connectivity index (χ2n) is 1.73. The van der Waals surface area contributed by atoms with Crippen molar-refractivity contribution in [2.75, 3.05) is 0 Å². The first-order valence-corrected chi connectivity index (χ1v) is 3.01. The molecule has 0 aliphatic carbocycles. The van der Waals surface area contributed by atoms with Gasteiger partial charge in [0, 0.05) is 12.4 Å². The summed E-state index contributed by atoms with van der Waals surface area (Å²) in [6.07, 6.45) is 6.73. The molecular weight excluding hydrogens is 126 g/mol. The maximum atomic E-state index is 4.04. The van der Waals surface area contributed by atoms with Gasteiger partial charge in [0.15, 0.2) is 5.82 Å². The number of rotatable bonds is 2. The van der Waals surface area contributed by atoms with Crippen LogP contribution in [0.4, 0.5) is 5.82 Å². The molecule has 3 heteroatoms. The molecule has 0 unspecified atom stereocenters. The lowest BCUT2D eigenvalue weighted by molar-refractivity contribution is 1.13. The van der Waals surface area contributed by atoms with Gasteiger partial charge in [-0.1, -0.05) is 6.58 Å². The van der Waals surface area contributed by atoms with Crippen LogP contribution in [0.3, 0.4) is 0 Å². The van der Waals surface area contributed by atoms with Gasteiger partial charge < -0.3 is 0 Å². The first kappa shape index (κ1) is 6.74. The van der Waals surface area contributed by atoms with E-state index in [-0.39, 0.29) is 0 Å². The fraction of sp³-hybridized carbons (Fsp3) is 0.143. The van der Waals surface area contributed by atoms with Gasteiger partial charge >= 0.3 is 0 Å². The van der Waals surface area contributed by atoms with Crippen LogP contribution in [0.25, 0.3) is 6.20 Å². The Morgan fingerprint density at radius 3 is 3.20 bits per heavy atom. The van der Waals surface area contributed by atoms with Gasteiger partial charge in [0.25, 0.3) is 0 Å². The number of hydrogen-bond acceptors (Lipinski definition) is 2. The van der Waals surface area contributed by atoms with E-state index in [1.54, 1.807) is 29.5 Å². The molecule has 1 aromatic rings. The summed E-state index contributed by atoms with van der Waals surface area (Å²) < 4.78 is 1.75. The summed E-state index contributed by atoms with van der Waals surface area (Å²) in [7, 11) is 0. The summed E-state index contributed by atoms with van der Waals surface area (Å²) in [6.45, 7) is 5.46. The Bertz CT molecular complexity index is 247. The van der Waals surface area contributed by atoms with Crippen molar-refractivity contribution in [2.45, 2.75) is 6.92 Å². The molecule has 0 aromatic carbocycles. The number of aromatic nitrogens is 2. The SMILES string of the molecule is C=Cn1cncc1/N=C\C. The molecular formula is C7H9N3. The van der Waals surface area contributed by atoms with E-state index in [2.05, 4.69) is 16.6 Å². The van der Waals surface area contributed by atoms with Crippen molar-refractivity contribution in [2.24, 2.45) is 4.99 Å². The Hall–Kier alpha value is -1.38. The summed E-state index contributed by atoms with van der Waals surface area (Å²) in [4.78, 5) is 7.93. The molecule has 1 rings (SSSR count). The Morgan fingerprint density at radius 1 is 1.80 bits per heavy atom. The fourth-order valence-corrected chi connectivity index (χ4v) is 0.671. The minimum Gasteiger partial charge on any atom is -0.291 e. The summed E-state index contributed by atoms with van der Waals surface area (Å²) in [5, 5.41) is 0. The monoisotopic (exact) mass is 135 g/mol. The van der Waals surface area contributed by atoms with E-state index in [0.29, 0.717) is 0 Å². The zero-order valence-electron chi connectivity index (χ0n) is 5.86. The van der Waals surface area contributed by atoms with Crippen molar-refractivity contribution >= 4 is 18.2 Å². The van der Waals surface area contributed by atoms with E-state index in [9.17, 15) is 0 Å². The minimum absolute atomic E-state index is 0.803. The van der Waals surface area contributed by atoms with Crippen LogP contribution >= 0.6 is 0 Å². The smallest absolute Gasteiger partial charge is 0.155 e. The molecule has 0 radical (unpaired) electrons. The molecule has 0 aliphatic rings. The quantitative estimate of drug-likeness (QED) is 0.568. The molecule has 0 bridgehead atoms. The average Bonchev–Trinajstić information content (AvgIpc) is 2.36. The molecule has 3 nitrogen and oxygen atoms in total. The van der Waals surface area contributed by atoms with Gasteiger partial charge in [0.05, 0.1) is 6.20 Å². The second-order valence-corrected chi connectivity index (χ2v) is 1.73. The Kier molecular flexibility index (Phi) is 1.99. The van der Waals surface area contributed by atoms with Crippen LogP contribution in [0, 0.1) is 0 Å².